The maximum absolute atomic E-state index is 3.31. The van der Waals surface area contributed by atoms with Crippen LogP contribution < -0.4 is 46.1 Å². The van der Waals surface area contributed by atoms with Gasteiger partial charge < -0.3 is 46.1 Å². The highest BCUT2D eigenvalue weighted by Crippen LogP contribution is 2.14. The van der Waals surface area contributed by atoms with Crippen molar-refractivity contribution in [2.75, 3.05) is 24.0 Å². The summed E-state index contributed by atoms with van der Waals surface area (Å²) in [6.07, 6.45) is 0. The molecule has 0 saturated carbocycles. The second-order valence-electron chi connectivity index (χ2n) is 5.06. The van der Waals surface area contributed by atoms with Crippen LogP contribution in [0.15, 0.2) is 48.5 Å². The fraction of sp³-hybridized carbons (Fsp3) is 0.250. The van der Waals surface area contributed by atoms with Crippen molar-refractivity contribution in [3.63, 3.8) is 0 Å². The average Bonchev–Trinajstić information content (AvgIpc) is 2.56. The van der Waals surface area contributed by atoms with Gasteiger partial charge >= 0.3 is 0 Å². The van der Waals surface area contributed by atoms with E-state index >= 15 is 0 Å². The van der Waals surface area contributed by atoms with Crippen molar-refractivity contribution in [1.29, 1.82) is 0 Å². The van der Waals surface area contributed by atoms with Gasteiger partial charge in [0.2, 0.25) is 0 Å². The molecule has 2 aromatic rings. The van der Waals surface area contributed by atoms with Crippen LogP contribution in [0.25, 0.3) is 0 Å². The summed E-state index contributed by atoms with van der Waals surface area (Å²) in [5.41, 5.74) is 5.41. The molecule has 0 aliphatic carbocycles. The van der Waals surface area contributed by atoms with Gasteiger partial charge in [0.05, 0.1) is 0 Å². The fourth-order valence-electron chi connectivity index (χ4n) is 2.56. The van der Waals surface area contributed by atoms with Crippen molar-refractivity contribution >= 4 is 11.4 Å². The first kappa shape index (κ1) is 18.6. The minimum absolute atomic E-state index is 0. The molecule has 0 amide bonds. The highest BCUT2D eigenvalue weighted by atomic mass is 35.5. The highest BCUT2D eigenvalue weighted by molar-refractivity contribution is 5.51. The number of nitrogens with one attached hydrogen (secondary N) is 2. The van der Waals surface area contributed by atoms with Gasteiger partial charge in [0.15, 0.2) is 0 Å². The van der Waals surface area contributed by atoms with E-state index in [1.807, 2.05) is 0 Å². The van der Waals surface area contributed by atoms with Gasteiger partial charge in [0.1, 0.15) is 26.4 Å². The molecule has 0 unspecified atom stereocenters. The highest BCUT2D eigenvalue weighted by Gasteiger charge is 2.07. The van der Waals surface area contributed by atoms with E-state index in [0.717, 1.165) is 26.4 Å². The SMILES string of the molecule is [Cl-].[Cl-].c1ccc2c(c1)C[NH2+]CN2.c1ccc2c(c1)C[NH2+]CN2. The van der Waals surface area contributed by atoms with Crippen LogP contribution in [0, 0.1) is 0 Å². The molecule has 2 aliphatic rings. The Morgan fingerprint density at radius 2 is 1.05 bits per heavy atom. The Morgan fingerprint density at radius 1 is 0.636 bits per heavy atom. The first-order chi connectivity index (χ1) is 9.93. The van der Waals surface area contributed by atoms with Gasteiger partial charge in [-0.05, 0) is 12.1 Å². The maximum atomic E-state index is 3.31. The smallest absolute Gasteiger partial charge is 0.149 e. The predicted molar refractivity (Wildman–Crippen MR) is 81.1 cm³/mol. The summed E-state index contributed by atoms with van der Waals surface area (Å²) in [6.45, 7) is 4.25. The van der Waals surface area contributed by atoms with Crippen molar-refractivity contribution in [3.8, 4) is 0 Å². The van der Waals surface area contributed by atoms with E-state index in [2.05, 4.69) is 69.8 Å². The number of hydrogen-bond donors (Lipinski definition) is 4. The number of halogens is 2. The van der Waals surface area contributed by atoms with E-state index in [-0.39, 0.29) is 24.8 Å². The van der Waals surface area contributed by atoms with Crippen LogP contribution >= 0.6 is 0 Å². The minimum atomic E-state index is 0. The molecule has 0 fully saturated rings. The molecular weight excluding hydrogens is 319 g/mol. The van der Waals surface area contributed by atoms with Crippen molar-refractivity contribution in [2.24, 2.45) is 0 Å². The summed E-state index contributed by atoms with van der Waals surface area (Å²) in [5, 5.41) is 11.1. The molecule has 6 heteroatoms. The Kier molecular flexibility index (Phi) is 8.06. The molecule has 0 radical (unpaired) electrons. The van der Waals surface area contributed by atoms with Gasteiger partial charge in [-0.2, -0.15) is 0 Å². The molecule has 4 nitrogen and oxygen atoms in total. The number of anilines is 2. The quantitative estimate of drug-likeness (QED) is 0.386. The number of fused-ring (bicyclic) bond motifs is 2. The van der Waals surface area contributed by atoms with Gasteiger partial charge in [-0.1, -0.05) is 36.4 Å². The van der Waals surface area contributed by atoms with Crippen LogP contribution in [0.5, 0.6) is 0 Å². The van der Waals surface area contributed by atoms with Gasteiger partial charge in [-0.3, -0.25) is 0 Å². The molecule has 22 heavy (non-hydrogen) atoms. The normalized spacial score (nSPS) is 14.2. The lowest BCUT2D eigenvalue weighted by atomic mass is 10.1. The van der Waals surface area contributed by atoms with Crippen molar-refractivity contribution in [2.45, 2.75) is 13.1 Å². The number of rotatable bonds is 0. The molecule has 0 aromatic heterocycles. The zero-order valence-electron chi connectivity index (χ0n) is 12.4. The molecule has 0 spiro atoms. The molecule has 4 rings (SSSR count). The van der Waals surface area contributed by atoms with E-state index in [1.54, 1.807) is 0 Å². The lowest BCUT2D eigenvalue weighted by Gasteiger charge is -2.15. The van der Waals surface area contributed by atoms with Crippen molar-refractivity contribution < 1.29 is 35.4 Å². The second kappa shape index (κ2) is 9.54. The van der Waals surface area contributed by atoms with E-state index in [9.17, 15) is 0 Å². The first-order valence-electron chi connectivity index (χ1n) is 7.20. The second-order valence-corrected chi connectivity index (χ2v) is 5.06. The van der Waals surface area contributed by atoms with Gasteiger partial charge in [-0.25, -0.2) is 0 Å². The Morgan fingerprint density at radius 3 is 1.45 bits per heavy atom. The van der Waals surface area contributed by atoms with Crippen LogP contribution in [0.3, 0.4) is 0 Å². The van der Waals surface area contributed by atoms with Crippen LogP contribution in [0.1, 0.15) is 11.1 Å². The third-order valence-electron chi connectivity index (χ3n) is 3.64. The lowest BCUT2D eigenvalue weighted by Crippen LogP contribution is -3.00. The number of hydrogen-bond acceptors (Lipinski definition) is 2. The van der Waals surface area contributed by atoms with Gasteiger partial charge in [-0.15, -0.1) is 0 Å². The van der Waals surface area contributed by atoms with Crippen LogP contribution in [0.2, 0.25) is 0 Å². The van der Waals surface area contributed by atoms with E-state index in [0.29, 0.717) is 0 Å². The molecule has 2 aliphatic heterocycles. The monoisotopic (exact) mass is 340 g/mol. The average molecular weight is 341 g/mol. The number of benzene rings is 2. The van der Waals surface area contributed by atoms with Crippen LogP contribution in [-0.4, -0.2) is 13.3 Å². The fourth-order valence-corrected chi connectivity index (χ4v) is 2.56. The molecule has 0 atom stereocenters. The Bertz CT molecular complexity index is 476. The molecular formula is C16H22Cl2N4. The summed E-state index contributed by atoms with van der Waals surface area (Å²) >= 11 is 0. The summed E-state index contributed by atoms with van der Waals surface area (Å²) in [4.78, 5) is 0. The Balaban J connectivity index is 0.000000202. The number of nitrogens with two attached hydrogens (primary N) is 2. The predicted octanol–water partition coefficient (Wildman–Crippen LogP) is -5.73. The summed E-state index contributed by atoms with van der Waals surface area (Å²) < 4.78 is 0. The molecule has 0 saturated heterocycles. The van der Waals surface area contributed by atoms with Crippen molar-refractivity contribution in [3.05, 3.63) is 59.7 Å². The van der Waals surface area contributed by atoms with E-state index < -0.39 is 0 Å². The lowest BCUT2D eigenvalue weighted by molar-refractivity contribution is -0.668. The molecule has 2 aromatic carbocycles. The minimum Gasteiger partial charge on any atom is -1.00 e. The molecule has 120 valence electrons. The third-order valence-corrected chi connectivity index (χ3v) is 3.64. The Hall–Kier alpha value is -1.46. The van der Waals surface area contributed by atoms with Crippen LogP contribution in [-0.2, 0) is 13.1 Å². The van der Waals surface area contributed by atoms with Gasteiger partial charge in [0, 0.05) is 22.5 Å². The summed E-state index contributed by atoms with van der Waals surface area (Å²) in [6, 6.07) is 16.9. The maximum Gasteiger partial charge on any atom is 0.149 e. The zero-order valence-corrected chi connectivity index (χ0v) is 13.9. The summed E-state index contributed by atoms with van der Waals surface area (Å²) in [5.74, 6) is 0. The third kappa shape index (κ3) is 4.78. The zero-order chi connectivity index (χ0) is 13.6. The standard InChI is InChI=1S/2C8H10N2.2ClH/c2*1-2-4-8-7(3-1)5-9-6-10-8;;/h2*1-4,9-10H,5-6H2;2*1H. The topological polar surface area (TPSA) is 57.3 Å². The molecule has 2 heterocycles. The molecule has 6 N–H and O–H groups in total. The molecule has 0 bridgehead atoms. The first-order valence-corrected chi connectivity index (χ1v) is 7.20. The van der Waals surface area contributed by atoms with E-state index in [4.69, 9.17) is 0 Å². The number of para-hydroxylation sites is 2. The van der Waals surface area contributed by atoms with E-state index in [1.165, 1.54) is 22.5 Å². The largest absolute Gasteiger partial charge is 1.00 e. The van der Waals surface area contributed by atoms with Crippen molar-refractivity contribution in [1.82, 2.24) is 0 Å². The summed E-state index contributed by atoms with van der Waals surface area (Å²) in [7, 11) is 0. The number of quaternary nitrogens is 2. The Labute approximate surface area is 143 Å². The van der Waals surface area contributed by atoms with Crippen LogP contribution in [0.4, 0.5) is 11.4 Å². The van der Waals surface area contributed by atoms with Gasteiger partial charge in [0.25, 0.3) is 0 Å².